The van der Waals surface area contributed by atoms with E-state index in [9.17, 15) is 22.8 Å². The predicted molar refractivity (Wildman–Crippen MR) is 131 cm³/mol. The number of hydrogen-bond donors (Lipinski definition) is 1. The van der Waals surface area contributed by atoms with Crippen LogP contribution >= 0.6 is 11.3 Å². The maximum Gasteiger partial charge on any atom is 0.417 e. The molecular weight excluding hydrogens is 489 g/mol. The van der Waals surface area contributed by atoms with Gasteiger partial charge in [-0.15, -0.1) is 11.3 Å². The zero-order chi connectivity index (χ0) is 25.3. The van der Waals surface area contributed by atoms with E-state index < -0.39 is 17.6 Å². The number of likely N-dealkylation sites (tertiary alicyclic amines) is 1. The van der Waals surface area contributed by atoms with Crippen molar-refractivity contribution in [3.8, 4) is 0 Å². The van der Waals surface area contributed by atoms with Crippen molar-refractivity contribution in [2.24, 2.45) is 0 Å². The van der Waals surface area contributed by atoms with Gasteiger partial charge in [-0.2, -0.15) is 13.2 Å². The molecule has 1 aliphatic rings. The average molecular weight is 511 g/mol. The largest absolute Gasteiger partial charge is 0.417 e. The normalized spacial score (nSPS) is 14.7. The quantitative estimate of drug-likeness (QED) is 0.366. The minimum Gasteiger partial charge on any atom is -0.339 e. The van der Waals surface area contributed by atoms with Crippen LogP contribution in [0.1, 0.15) is 50.2 Å². The Morgan fingerprint density at radius 2 is 1.81 bits per heavy atom. The van der Waals surface area contributed by atoms with Crippen molar-refractivity contribution >= 4 is 39.7 Å². The standard InChI is InChI=1S/C26H21F3N4O2S/c27-26(28,29)20-6-2-1-5-19(20)25(35)33-12-9-16(10-13-33)24-32-22(15-36-24)23(34)31-18-7-8-21-17(14-18)4-3-11-30-21/h1-8,11,14-16H,9-10,12-13H2,(H,31,34). The number of benzene rings is 2. The summed E-state index contributed by atoms with van der Waals surface area (Å²) in [5.41, 5.74) is 0.523. The van der Waals surface area contributed by atoms with Gasteiger partial charge < -0.3 is 10.2 Å². The van der Waals surface area contributed by atoms with Crippen LogP contribution in [-0.4, -0.2) is 39.8 Å². The fourth-order valence-corrected chi connectivity index (χ4v) is 5.32. The molecule has 1 saturated heterocycles. The predicted octanol–water partition coefficient (Wildman–Crippen LogP) is 5.98. The number of thiazole rings is 1. The first-order valence-corrected chi connectivity index (χ1v) is 12.2. The van der Waals surface area contributed by atoms with Gasteiger partial charge in [0.25, 0.3) is 11.8 Å². The number of amides is 2. The third kappa shape index (κ3) is 4.94. The molecule has 0 saturated carbocycles. The first kappa shape index (κ1) is 23.9. The van der Waals surface area contributed by atoms with E-state index in [0.29, 0.717) is 37.3 Å². The molecule has 0 radical (unpaired) electrons. The van der Waals surface area contributed by atoms with Crippen LogP contribution in [0.25, 0.3) is 10.9 Å². The van der Waals surface area contributed by atoms with E-state index in [1.807, 2.05) is 24.3 Å². The summed E-state index contributed by atoms with van der Waals surface area (Å²) in [5, 5.41) is 6.25. The fourth-order valence-electron chi connectivity index (χ4n) is 4.34. The summed E-state index contributed by atoms with van der Waals surface area (Å²) >= 11 is 1.38. The molecule has 6 nitrogen and oxygen atoms in total. The van der Waals surface area contributed by atoms with Crippen LogP contribution in [0, 0.1) is 0 Å². The highest BCUT2D eigenvalue weighted by Crippen LogP contribution is 2.34. The van der Waals surface area contributed by atoms with E-state index in [4.69, 9.17) is 0 Å². The number of pyridine rings is 1. The lowest BCUT2D eigenvalue weighted by Crippen LogP contribution is -2.38. The third-order valence-corrected chi connectivity index (χ3v) is 7.22. The van der Waals surface area contributed by atoms with E-state index in [1.54, 1.807) is 17.6 Å². The maximum absolute atomic E-state index is 13.3. The second-order valence-corrected chi connectivity index (χ2v) is 9.44. The molecule has 5 rings (SSSR count). The zero-order valence-corrected chi connectivity index (χ0v) is 19.8. The van der Waals surface area contributed by atoms with E-state index in [-0.39, 0.29) is 17.4 Å². The highest BCUT2D eigenvalue weighted by atomic mass is 32.1. The second-order valence-electron chi connectivity index (χ2n) is 8.55. The van der Waals surface area contributed by atoms with Gasteiger partial charge in [0.05, 0.1) is 21.7 Å². The van der Waals surface area contributed by atoms with Crippen molar-refractivity contribution in [2.75, 3.05) is 18.4 Å². The Morgan fingerprint density at radius 1 is 1.03 bits per heavy atom. The monoisotopic (exact) mass is 510 g/mol. The summed E-state index contributed by atoms with van der Waals surface area (Å²) in [6, 6.07) is 14.1. The van der Waals surface area contributed by atoms with Crippen LogP contribution in [0.5, 0.6) is 0 Å². The van der Waals surface area contributed by atoms with Crippen LogP contribution in [0.4, 0.5) is 18.9 Å². The lowest BCUT2D eigenvalue weighted by atomic mass is 9.96. The number of carbonyl (C=O) groups is 2. The molecule has 0 aliphatic carbocycles. The van der Waals surface area contributed by atoms with Gasteiger partial charge in [0.2, 0.25) is 0 Å². The number of piperidine rings is 1. The van der Waals surface area contributed by atoms with Crippen molar-refractivity contribution in [3.05, 3.63) is 88.0 Å². The Balaban J connectivity index is 1.22. The molecule has 2 amide bonds. The smallest absolute Gasteiger partial charge is 0.339 e. The van der Waals surface area contributed by atoms with Gasteiger partial charge in [-0.05, 0) is 49.2 Å². The van der Waals surface area contributed by atoms with E-state index in [1.165, 1.54) is 34.4 Å². The van der Waals surface area contributed by atoms with E-state index in [2.05, 4.69) is 15.3 Å². The summed E-state index contributed by atoms with van der Waals surface area (Å²) in [5.74, 6) is -0.909. The molecule has 4 aromatic rings. The number of carbonyl (C=O) groups excluding carboxylic acids is 2. The average Bonchev–Trinajstić information content (AvgIpc) is 3.38. The van der Waals surface area contributed by atoms with Crippen molar-refractivity contribution in [1.29, 1.82) is 0 Å². The van der Waals surface area contributed by atoms with Crippen molar-refractivity contribution in [2.45, 2.75) is 24.9 Å². The highest BCUT2D eigenvalue weighted by molar-refractivity contribution is 7.10. The van der Waals surface area contributed by atoms with Crippen LogP contribution < -0.4 is 5.32 Å². The number of rotatable bonds is 4. The first-order chi connectivity index (χ1) is 17.3. The van der Waals surface area contributed by atoms with Gasteiger partial charge >= 0.3 is 6.18 Å². The summed E-state index contributed by atoms with van der Waals surface area (Å²) in [6.07, 6.45) is -1.76. The zero-order valence-electron chi connectivity index (χ0n) is 19.0. The lowest BCUT2D eigenvalue weighted by molar-refractivity contribution is -0.138. The molecule has 2 aromatic carbocycles. The molecule has 0 atom stereocenters. The number of alkyl halides is 3. The SMILES string of the molecule is O=C(Nc1ccc2ncccc2c1)c1csc(C2CCN(C(=O)c3ccccc3C(F)(F)F)CC2)n1. The Kier molecular flexibility index (Phi) is 6.44. The Morgan fingerprint density at radius 3 is 2.58 bits per heavy atom. The Hall–Kier alpha value is -3.79. The summed E-state index contributed by atoms with van der Waals surface area (Å²) < 4.78 is 40.0. The molecule has 10 heteroatoms. The maximum atomic E-state index is 13.3. The van der Waals surface area contributed by atoms with E-state index >= 15 is 0 Å². The highest BCUT2D eigenvalue weighted by Gasteiger charge is 2.36. The number of anilines is 1. The molecule has 1 N–H and O–H groups in total. The molecule has 184 valence electrons. The van der Waals surface area contributed by atoms with Gasteiger partial charge in [0.15, 0.2) is 0 Å². The topological polar surface area (TPSA) is 75.2 Å². The van der Waals surface area contributed by atoms with Crippen LogP contribution in [0.15, 0.2) is 66.2 Å². The van der Waals surface area contributed by atoms with Crippen molar-refractivity contribution in [3.63, 3.8) is 0 Å². The van der Waals surface area contributed by atoms with Crippen LogP contribution in [-0.2, 0) is 6.18 Å². The molecule has 0 unspecified atom stereocenters. The molecular formula is C26H21F3N4O2S. The molecule has 1 aliphatic heterocycles. The number of halogens is 3. The number of aromatic nitrogens is 2. The summed E-state index contributed by atoms with van der Waals surface area (Å²) in [6.45, 7) is 0.643. The molecule has 0 bridgehead atoms. The van der Waals surface area contributed by atoms with E-state index in [0.717, 1.165) is 22.0 Å². The molecule has 0 spiro atoms. The van der Waals surface area contributed by atoms with Crippen LogP contribution in [0.2, 0.25) is 0 Å². The van der Waals surface area contributed by atoms with Crippen LogP contribution in [0.3, 0.4) is 0 Å². The number of hydrogen-bond acceptors (Lipinski definition) is 5. The number of fused-ring (bicyclic) bond motifs is 1. The van der Waals surface area contributed by atoms with Gasteiger partial charge in [-0.25, -0.2) is 4.98 Å². The minimum atomic E-state index is -4.59. The Bertz CT molecular complexity index is 1430. The van der Waals surface area contributed by atoms with Gasteiger partial charge in [0, 0.05) is 41.7 Å². The van der Waals surface area contributed by atoms with Gasteiger partial charge in [0.1, 0.15) is 5.69 Å². The van der Waals surface area contributed by atoms with Crippen molar-refractivity contribution < 1.29 is 22.8 Å². The molecule has 2 aromatic heterocycles. The fraction of sp³-hybridized carbons (Fsp3) is 0.231. The summed E-state index contributed by atoms with van der Waals surface area (Å²) in [4.78, 5) is 35.8. The molecule has 1 fully saturated rings. The second kappa shape index (κ2) is 9.69. The summed E-state index contributed by atoms with van der Waals surface area (Å²) in [7, 11) is 0. The first-order valence-electron chi connectivity index (χ1n) is 11.4. The lowest BCUT2D eigenvalue weighted by Gasteiger charge is -2.31. The molecule has 3 heterocycles. The van der Waals surface area contributed by atoms with Crippen molar-refractivity contribution in [1.82, 2.24) is 14.9 Å². The Labute approximate surface area is 208 Å². The van der Waals surface area contributed by atoms with Gasteiger partial charge in [-0.3, -0.25) is 14.6 Å². The minimum absolute atomic E-state index is 0.0326. The molecule has 36 heavy (non-hydrogen) atoms. The number of nitrogens with one attached hydrogen (secondary N) is 1. The number of nitrogens with zero attached hydrogens (tertiary/aromatic N) is 3. The van der Waals surface area contributed by atoms with Gasteiger partial charge in [-0.1, -0.05) is 18.2 Å². The third-order valence-electron chi connectivity index (χ3n) is 6.21.